The van der Waals surface area contributed by atoms with Gasteiger partial charge in [-0.3, -0.25) is 0 Å². The third-order valence-corrected chi connectivity index (χ3v) is 8.06. The zero-order chi connectivity index (χ0) is 22.6. The molecule has 168 valence electrons. The van der Waals surface area contributed by atoms with E-state index in [-0.39, 0.29) is 21.1 Å². The fraction of sp³-hybridized carbons (Fsp3) is 0.750. The van der Waals surface area contributed by atoms with Gasteiger partial charge >= 0.3 is 121 Å². The summed E-state index contributed by atoms with van der Waals surface area (Å²) < 4.78 is 3.31. The molecule has 0 radical (unpaired) electrons. The predicted molar refractivity (Wildman–Crippen MR) is 122 cm³/mol. The molecule has 4 nitrogen and oxygen atoms in total. The van der Waals surface area contributed by atoms with Gasteiger partial charge in [-0.15, -0.1) is 0 Å². The summed E-state index contributed by atoms with van der Waals surface area (Å²) in [5.74, 6) is -2.28. The summed E-state index contributed by atoms with van der Waals surface area (Å²) in [6.45, 7) is 7.84. The van der Waals surface area contributed by atoms with E-state index in [4.69, 9.17) is 0 Å². The third-order valence-electron chi connectivity index (χ3n) is 4.02. The molecule has 0 heterocycles. The number of carbonyl (C=O) groups is 2. The van der Waals surface area contributed by atoms with Crippen molar-refractivity contribution in [2.75, 3.05) is 0 Å². The molecule has 0 saturated heterocycles. The normalized spacial score (nSPS) is 10.1. The van der Waals surface area contributed by atoms with Gasteiger partial charge in [0.25, 0.3) is 0 Å². The summed E-state index contributed by atoms with van der Waals surface area (Å²) in [5, 5.41) is 18.8. The molecule has 0 N–H and O–H groups in total. The first-order chi connectivity index (χ1) is 14.0. The molecule has 5 heteroatoms. The summed E-state index contributed by atoms with van der Waals surface area (Å²) in [6, 6.07) is 0. The summed E-state index contributed by atoms with van der Waals surface area (Å²) in [6.07, 6.45) is 22.6. The van der Waals surface area contributed by atoms with Gasteiger partial charge in [0.15, 0.2) is 0 Å². The SMILES string of the molecule is CC=CC(=O)[O-].CC=CC(=O)[O-].CCCCCCC[CH2][Sn+2][CH2]CCCCCCC. The van der Waals surface area contributed by atoms with Crippen molar-refractivity contribution in [3.8, 4) is 0 Å². The molecule has 0 saturated carbocycles. The molecule has 0 aliphatic rings. The van der Waals surface area contributed by atoms with E-state index in [2.05, 4.69) is 13.8 Å². The van der Waals surface area contributed by atoms with Gasteiger partial charge in [-0.05, 0) is 26.0 Å². The standard InChI is InChI=1S/2C8H17.2C4H6O2.Sn/c2*1-3-5-7-8-6-4-2;2*1-2-3-4(5)6;/h2*1,3-8H2,2H3;2*2-3H,1H3,(H,5,6);/q;;;;+2/p-2. The summed E-state index contributed by atoms with van der Waals surface area (Å²) in [7, 11) is 0. The van der Waals surface area contributed by atoms with E-state index in [0.717, 1.165) is 12.2 Å². The van der Waals surface area contributed by atoms with Gasteiger partial charge in [0.1, 0.15) is 0 Å². The molecule has 0 aliphatic heterocycles. The molecule has 0 spiro atoms. The molecular formula is C24H44O4Sn. The van der Waals surface area contributed by atoms with Gasteiger partial charge in [-0.25, -0.2) is 0 Å². The van der Waals surface area contributed by atoms with Gasteiger partial charge in [-0.2, -0.15) is 0 Å². The van der Waals surface area contributed by atoms with Crippen LogP contribution in [0.25, 0.3) is 0 Å². The van der Waals surface area contributed by atoms with Gasteiger partial charge in [0.2, 0.25) is 0 Å². The van der Waals surface area contributed by atoms with E-state index in [1.807, 2.05) is 0 Å². The average Bonchev–Trinajstić information content (AvgIpc) is 2.66. The van der Waals surface area contributed by atoms with Crippen LogP contribution in [0.2, 0.25) is 8.87 Å². The second-order valence-corrected chi connectivity index (χ2v) is 11.2. The van der Waals surface area contributed by atoms with Crippen LogP contribution in [0.1, 0.15) is 105 Å². The first-order valence-corrected chi connectivity index (χ1v) is 15.4. The number of aliphatic carboxylic acids is 2. The fourth-order valence-electron chi connectivity index (χ4n) is 2.46. The van der Waals surface area contributed by atoms with E-state index in [0.29, 0.717) is 0 Å². The zero-order valence-electron chi connectivity index (χ0n) is 19.3. The number of carbonyl (C=O) groups excluding carboxylic acids is 2. The zero-order valence-corrected chi connectivity index (χ0v) is 22.2. The Morgan fingerprint density at radius 3 is 1.17 bits per heavy atom. The molecule has 0 aromatic carbocycles. The fourth-order valence-corrected chi connectivity index (χ4v) is 6.03. The van der Waals surface area contributed by atoms with Crippen molar-refractivity contribution in [3.05, 3.63) is 24.3 Å². The van der Waals surface area contributed by atoms with Crippen molar-refractivity contribution in [1.82, 2.24) is 0 Å². The van der Waals surface area contributed by atoms with E-state index >= 15 is 0 Å². The van der Waals surface area contributed by atoms with Crippen LogP contribution in [0.15, 0.2) is 24.3 Å². The van der Waals surface area contributed by atoms with E-state index < -0.39 is 11.9 Å². The summed E-state index contributed by atoms with van der Waals surface area (Å²) in [5.41, 5.74) is 0. The van der Waals surface area contributed by atoms with Crippen LogP contribution in [0, 0.1) is 0 Å². The van der Waals surface area contributed by atoms with E-state index in [1.54, 1.807) is 35.6 Å². The second kappa shape index (κ2) is 31.9. The molecule has 0 aliphatic carbocycles. The number of carboxylic acids is 2. The topological polar surface area (TPSA) is 80.3 Å². The number of carboxylic acid groups (broad SMARTS) is 2. The number of hydrogen-bond donors (Lipinski definition) is 0. The minimum atomic E-state index is -1.14. The van der Waals surface area contributed by atoms with Crippen LogP contribution >= 0.6 is 0 Å². The number of allylic oxidation sites excluding steroid dienone is 2. The quantitative estimate of drug-likeness (QED) is 0.167. The maximum atomic E-state index is 9.40. The van der Waals surface area contributed by atoms with Gasteiger partial charge in [0.05, 0.1) is 11.9 Å². The van der Waals surface area contributed by atoms with Gasteiger partial charge in [-0.1, -0.05) is 12.2 Å². The number of hydrogen-bond acceptors (Lipinski definition) is 4. The van der Waals surface area contributed by atoms with E-state index in [9.17, 15) is 19.8 Å². The summed E-state index contributed by atoms with van der Waals surface area (Å²) in [4.78, 5) is 18.8. The van der Waals surface area contributed by atoms with Crippen molar-refractivity contribution in [1.29, 1.82) is 0 Å². The Morgan fingerprint density at radius 1 is 0.621 bits per heavy atom. The Labute approximate surface area is 190 Å². The second-order valence-electron chi connectivity index (χ2n) is 6.92. The number of rotatable bonds is 16. The third kappa shape index (κ3) is 46.9. The average molecular weight is 515 g/mol. The van der Waals surface area contributed by atoms with Crippen LogP contribution < -0.4 is 10.2 Å². The van der Waals surface area contributed by atoms with Crippen molar-refractivity contribution in [2.45, 2.75) is 114 Å². The van der Waals surface area contributed by atoms with Crippen molar-refractivity contribution >= 4 is 33.1 Å². The molecule has 0 unspecified atom stereocenters. The first kappa shape index (κ1) is 32.9. The molecule has 0 amide bonds. The van der Waals surface area contributed by atoms with Gasteiger partial charge < -0.3 is 19.8 Å². The molecule has 0 bridgehead atoms. The molecule has 0 atom stereocenters. The molecule has 0 aromatic rings. The van der Waals surface area contributed by atoms with Crippen LogP contribution in [0.3, 0.4) is 0 Å². The molecule has 0 fully saturated rings. The summed E-state index contributed by atoms with van der Waals surface area (Å²) >= 11 is 0.0736. The Morgan fingerprint density at radius 2 is 0.931 bits per heavy atom. The Hall–Kier alpha value is -0.781. The van der Waals surface area contributed by atoms with Gasteiger partial charge in [0, 0.05) is 0 Å². The van der Waals surface area contributed by atoms with Crippen molar-refractivity contribution < 1.29 is 19.8 Å². The van der Waals surface area contributed by atoms with Crippen LogP contribution in [-0.4, -0.2) is 33.1 Å². The predicted octanol–water partition coefficient (Wildman–Crippen LogP) is 4.87. The van der Waals surface area contributed by atoms with E-state index in [1.165, 1.54) is 76.4 Å². The van der Waals surface area contributed by atoms with Crippen LogP contribution in [0.5, 0.6) is 0 Å². The molecular weight excluding hydrogens is 471 g/mol. The number of unbranched alkanes of at least 4 members (excludes halogenated alkanes) is 10. The van der Waals surface area contributed by atoms with Crippen LogP contribution in [-0.2, 0) is 9.59 Å². The molecule has 0 rings (SSSR count). The maximum absolute atomic E-state index is 9.40. The van der Waals surface area contributed by atoms with Crippen LogP contribution in [0.4, 0.5) is 0 Å². The first-order valence-electron chi connectivity index (χ1n) is 11.3. The minimum absolute atomic E-state index is 0.0736. The molecule has 29 heavy (non-hydrogen) atoms. The Kier molecular flexibility index (Phi) is 36.2. The molecule has 0 aromatic heterocycles. The van der Waals surface area contributed by atoms with Crippen molar-refractivity contribution in [2.24, 2.45) is 0 Å². The monoisotopic (exact) mass is 516 g/mol. The Balaban J connectivity index is -0.000000460. The Bertz CT molecular complexity index is 356. The van der Waals surface area contributed by atoms with Crippen molar-refractivity contribution in [3.63, 3.8) is 0 Å².